The van der Waals surface area contributed by atoms with Crippen LogP contribution in [0.2, 0.25) is 0 Å². The third kappa shape index (κ3) is 4.44. The minimum atomic E-state index is -0.986. The first-order chi connectivity index (χ1) is 12.0. The van der Waals surface area contributed by atoms with Crippen molar-refractivity contribution in [3.63, 3.8) is 0 Å². The molecule has 6 heteroatoms. The van der Waals surface area contributed by atoms with Crippen LogP contribution in [0.1, 0.15) is 39.1 Å². The minimum absolute atomic E-state index is 0.00363. The second-order valence-electron chi connectivity index (χ2n) is 6.03. The number of aromatic carboxylic acids is 1. The Bertz CT molecular complexity index is 810. The van der Waals surface area contributed by atoms with E-state index < -0.39 is 5.97 Å². The zero-order valence-corrected chi connectivity index (χ0v) is 13.5. The van der Waals surface area contributed by atoms with Gasteiger partial charge < -0.3 is 15.7 Å². The van der Waals surface area contributed by atoms with E-state index in [2.05, 4.69) is 10.6 Å². The van der Waals surface area contributed by atoms with Crippen molar-refractivity contribution < 1.29 is 19.5 Å². The maximum Gasteiger partial charge on any atom is 0.335 e. The van der Waals surface area contributed by atoms with Gasteiger partial charge >= 0.3 is 5.97 Å². The van der Waals surface area contributed by atoms with E-state index in [0.29, 0.717) is 11.3 Å². The van der Waals surface area contributed by atoms with E-state index in [0.717, 1.165) is 18.4 Å². The molecule has 1 saturated carbocycles. The van der Waals surface area contributed by atoms with Gasteiger partial charge in [-0.25, -0.2) is 4.79 Å². The SMILES string of the molecule is O=C(O)c1ccc(CNC(=O)c2cccc(NC(=O)C3CC3)c2)cc1. The lowest BCUT2D eigenvalue weighted by molar-refractivity contribution is -0.117. The van der Waals surface area contributed by atoms with Crippen molar-refractivity contribution in [2.75, 3.05) is 5.32 Å². The number of hydrogen-bond donors (Lipinski definition) is 3. The van der Waals surface area contributed by atoms with Gasteiger partial charge in [0.15, 0.2) is 0 Å². The van der Waals surface area contributed by atoms with E-state index >= 15 is 0 Å². The topological polar surface area (TPSA) is 95.5 Å². The molecular weight excluding hydrogens is 320 g/mol. The van der Waals surface area contributed by atoms with Crippen molar-refractivity contribution in [1.29, 1.82) is 0 Å². The highest BCUT2D eigenvalue weighted by atomic mass is 16.4. The fourth-order valence-corrected chi connectivity index (χ4v) is 2.38. The molecule has 0 saturated heterocycles. The van der Waals surface area contributed by atoms with Gasteiger partial charge in [-0.3, -0.25) is 9.59 Å². The van der Waals surface area contributed by atoms with Gasteiger partial charge in [0.2, 0.25) is 5.91 Å². The second-order valence-corrected chi connectivity index (χ2v) is 6.03. The van der Waals surface area contributed by atoms with E-state index in [-0.39, 0.29) is 29.8 Å². The van der Waals surface area contributed by atoms with Crippen LogP contribution in [0, 0.1) is 5.92 Å². The Hall–Kier alpha value is -3.15. The van der Waals surface area contributed by atoms with Crippen LogP contribution in [-0.4, -0.2) is 22.9 Å². The predicted octanol–water partition coefficient (Wildman–Crippen LogP) is 2.66. The lowest BCUT2D eigenvalue weighted by atomic mass is 10.1. The zero-order valence-electron chi connectivity index (χ0n) is 13.5. The molecule has 0 aliphatic heterocycles. The molecule has 2 amide bonds. The molecule has 0 spiro atoms. The van der Waals surface area contributed by atoms with E-state index in [1.165, 1.54) is 12.1 Å². The Morgan fingerprint density at radius 3 is 2.36 bits per heavy atom. The van der Waals surface area contributed by atoms with Crippen molar-refractivity contribution in [3.8, 4) is 0 Å². The largest absolute Gasteiger partial charge is 0.478 e. The number of carbonyl (C=O) groups is 3. The number of carbonyl (C=O) groups excluding carboxylic acids is 2. The number of carboxylic acids is 1. The van der Waals surface area contributed by atoms with E-state index in [9.17, 15) is 14.4 Å². The van der Waals surface area contributed by atoms with Gasteiger partial charge in [-0.2, -0.15) is 0 Å². The second kappa shape index (κ2) is 7.17. The molecule has 3 N–H and O–H groups in total. The standard InChI is InChI=1S/C19H18N2O4/c22-17(20-11-12-4-6-14(7-5-12)19(24)25)15-2-1-3-16(10-15)21-18(23)13-8-9-13/h1-7,10,13H,8-9,11H2,(H,20,22)(H,21,23)(H,24,25). The molecule has 3 rings (SSSR count). The highest BCUT2D eigenvalue weighted by Crippen LogP contribution is 2.30. The lowest BCUT2D eigenvalue weighted by Crippen LogP contribution is -2.23. The lowest BCUT2D eigenvalue weighted by Gasteiger charge is -2.08. The smallest absolute Gasteiger partial charge is 0.335 e. The van der Waals surface area contributed by atoms with Crippen LogP contribution < -0.4 is 10.6 Å². The number of anilines is 1. The van der Waals surface area contributed by atoms with Crippen LogP contribution in [0.4, 0.5) is 5.69 Å². The molecule has 0 heterocycles. The number of nitrogens with one attached hydrogen (secondary N) is 2. The summed E-state index contributed by atoms with van der Waals surface area (Å²) in [5.74, 6) is -1.15. The summed E-state index contributed by atoms with van der Waals surface area (Å²) in [6, 6.07) is 13.1. The van der Waals surface area contributed by atoms with Crippen molar-refractivity contribution in [1.82, 2.24) is 5.32 Å². The predicted molar refractivity (Wildman–Crippen MR) is 92.4 cm³/mol. The van der Waals surface area contributed by atoms with Crippen LogP contribution in [0.15, 0.2) is 48.5 Å². The van der Waals surface area contributed by atoms with Crippen molar-refractivity contribution in [2.45, 2.75) is 19.4 Å². The van der Waals surface area contributed by atoms with Gasteiger partial charge in [0, 0.05) is 23.7 Å². The molecule has 6 nitrogen and oxygen atoms in total. The number of amides is 2. The fraction of sp³-hybridized carbons (Fsp3) is 0.211. The molecule has 128 valence electrons. The van der Waals surface area contributed by atoms with E-state index in [1.54, 1.807) is 36.4 Å². The Balaban J connectivity index is 1.58. The van der Waals surface area contributed by atoms with Crippen molar-refractivity contribution >= 4 is 23.5 Å². The normalized spacial score (nSPS) is 13.1. The first-order valence-corrected chi connectivity index (χ1v) is 8.04. The third-order valence-corrected chi connectivity index (χ3v) is 3.99. The Labute approximate surface area is 144 Å². The summed E-state index contributed by atoms with van der Waals surface area (Å²) in [7, 11) is 0. The van der Waals surface area contributed by atoms with Crippen LogP contribution in [0.25, 0.3) is 0 Å². The van der Waals surface area contributed by atoms with Gasteiger partial charge in [0.1, 0.15) is 0 Å². The zero-order chi connectivity index (χ0) is 17.8. The van der Waals surface area contributed by atoms with Crippen LogP contribution in [-0.2, 0) is 11.3 Å². The molecule has 1 aliphatic rings. The molecule has 1 fully saturated rings. The molecule has 0 aromatic heterocycles. The summed E-state index contributed by atoms with van der Waals surface area (Å²) < 4.78 is 0. The molecule has 0 bridgehead atoms. The van der Waals surface area contributed by atoms with Gasteiger partial charge in [0.05, 0.1) is 5.56 Å². The third-order valence-electron chi connectivity index (χ3n) is 3.99. The van der Waals surface area contributed by atoms with Gasteiger partial charge in [-0.05, 0) is 48.7 Å². The summed E-state index contributed by atoms with van der Waals surface area (Å²) in [4.78, 5) is 34.9. The molecule has 0 unspecified atom stereocenters. The fourth-order valence-electron chi connectivity index (χ4n) is 2.38. The summed E-state index contributed by atoms with van der Waals surface area (Å²) in [6.45, 7) is 0.289. The molecule has 0 atom stereocenters. The number of hydrogen-bond acceptors (Lipinski definition) is 3. The minimum Gasteiger partial charge on any atom is -0.478 e. The van der Waals surface area contributed by atoms with Gasteiger partial charge in [-0.1, -0.05) is 18.2 Å². The summed E-state index contributed by atoms with van der Waals surface area (Å²) in [6.07, 6.45) is 1.85. The van der Waals surface area contributed by atoms with E-state index in [4.69, 9.17) is 5.11 Å². The quantitative estimate of drug-likeness (QED) is 0.754. The summed E-state index contributed by atoms with van der Waals surface area (Å²) >= 11 is 0. The number of carboxylic acid groups (broad SMARTS) is 1. The highest BCUT2D eigenvalue weighted by molar-refractivity contribution is 5.98. The van der Waals surface area contributed by atoms with Crippen LogP contribution in [0.3, 0.4) is 0 Å². The Kier molecular flexibility index (Phi) is 4.79. The van der Waals surface area contributed by atoms with Crippen LogP contribution in [0.5, 0.6) is 0 Å². The molecule has 2 aromatic carbocycles. The molecule has 2 aromatic rings. The number of benzene rings is 2. The summed E-state index contributed by atoms with van der Waals surface area (Å²) in [5, 5.41) is 14.5. The molecule has 0 radical (unpaired) electrons. The maximum absolute atomic E-state index is 12.3. The van der Waals surface area contributed by atoms with Crippen molar-refractivity contribution in [3.05, 3.63) is 65.2 Å². The monoisotopic (exact) mass is 338 g/mol. The first kappa shape index (κ1) is 16.7. The van der Waals surface area contributed by atoms with Crippen LogP contribution >= 0.6 is 0 Å². The molecular formula is C19H18N2O4. The molecule has 1 aliphatic carbocycles. The average molecular weight is 338 g/mol. The highest BCUT2D eigenvalue weighted by Gasteiger charge is 2.29. The summed E-state index contributed by atoms with van der Waals surface area (Å²) in [5.41, 5.74) is 2.07. The Morgan fingerprint density at radius 2 is 1.72 bits per heavy atom. The maximum atomic E-state index is 12.3. The Morgan fingerprint density at radius 1 is 1.00 bits per heavy atom. The first-order valence-electron chi connectivity index (χ1n) is 8.04. The van der Waals surface area contributed by atoms with E-state index in [1.807, 2.05) is 0 Å². The number of rotatable bonds is 6. The average Bonchev–Trinajstić information content (AvgIpc) is 3.45. The van der Waals surface area contributed by atoms with Gasteiger partial charge in [-0.15, -0.1) is 0 Å². The van der Waals surface area contributed by atoms with Crippen molar-refractivity contribution in [2.24, 2.45) is 5.92 Å². The van der Waals surface area contributed by atoms with Gasteiger partial charge in [0.25, 0.3) is 5.91 Å². The molecule has 25 heavy (non-hydrogen) atoms.